The molecule has 4 aromatic carbocycles. The molecule has 0 N–H and O–H groups in total. The molecular weight excluding hydrogens is 532 g/mol. The third-order valence-corrected chi connectivity index (χ3v) is 7.65. The standard InChI is InChI=1S/C35H30O7/c1-21-18-29-33(26(19-30(36)41-29)23-8-5-4-6-9-23)35-32(21)27(20-31(37)42-35)25-10-7-11-28(39-3)34(25)40-17-16-22-12-14-24(38-2)15-13-22/h4-15,18-19,27H,16-17,20H2,1-3H3. The minimum Gasteiger partial charge on any atom is -0.497 e. The zero-order valence-corrected chi connectivity index (χ0v) is 23.6. The number of carbonyl (C=O) groups excluding carboxylic acids is 1. The van der Waals surface area contributed by atoms with E-state index in [4.69, 9.17) is 23.4 Å². The highest BCUT2D eigenvalue weighted by molar-refractivity contribution is 6.01. The number of carbonyl (C=O) groups is 1. The van der Waals surface area contributed by atoms with Crippen molar-refractivity contribution in [1.29, 1.82) is 0 Å². The average molecular weight is 563 g/mol. The van der Waals surface area contributed by atoms with Crippen LogP contribution in [0.2, 0.25) is 0 Å². The second kappa shape index (κ2) is 11.4. The zero-order valence-electron chi connectivity index (χ0n) is 23.6. The van der Waals surface area contributed by atoms with Gasteiger partial charge in [0.2, 0.25) is 0 Å². The number of hydrogen-bond donors (Lipinski definition) is 0. The summed E-state index contributed by atoms with van der Waals surface area (Å²) in [6, 6.07) is 26.4. The molecule has 7 heteroatoms. The SMILES string of the molecule is COc1ccc(CCOc2c(OC)cccc2C2CC(=O)Oc3c2c(C)cc2oc(=O)cc(-c4ccccc4)c32)cc1. The van der Waals surface area contributed by atoms with Gasteiger partial charge < -0.3 is 23.4 Å². The summed E-state index contributed by atoms with van der Waals surface area (Å²) in [5, 5.41) is 0.587. The molecule has 1 aromatic heterocycles. The lowest BCUT2D eigenvalue weighted by Gasteiger charge is -2.29. The van der Waals surface area contributed by atoms with E-state index in [1.54, 1.807) is 14.2 Å². The number of aryl methyl sites for hydroxylation is 1. The first-order valence-electron chi connectivity index (χ1n) is 13.8. The molecule has 6 rings (SSSR count). The maximum absolute atomic E-state index is 13.2. The van der Waals surface area contributed by atoms with E-state index >= 15 is 0 Å². The molecule has 1 unspecified atom stereocenters. The highest BCUT2D eigenvalue weighted by Gasteiger charge is 2.35. The molecule has 0 spiro atoms. The first-order valence-corrected chi connectivity index (χ1v) is 13.8. The largest absolute Gasteiger partial charge is 0.497 e. The molecule has 7 nitrogen and oxygen atoms in total. The molecule has 0 saturated carbocycles. The Hall–Kier alpha value is -5.04. The number of para-hydroxylation sites is 1. The van der Waals surface area contributed by atoms with Crippen LogP contribution in [0.15, 0.2) is 94.1 Å². The van der Waals surface area contributed by atoms with Crippen molar-refractivity contribution in [3.63, 3.8) is 0 Å². The van der Waals surface area contributed by atoms with Crippen molar-refractivity contribution in [2.24, 2.45) is 0 Å². The summed E-state index contributed by atoms with van der Waals surface area (Å²) in [6.45, 7) is 2.34. The van der Waals surface area contributed by atoms with Crippen molar-refractivity contribution in [2.45, 2.75) is 25.7 Å². The summed E-state index contributed by atoms with van der Waals surface area (Å²) in [5.74, 6) is 1.62. The van der Waals surface area contributed by atoms with E-state index in [-0.39, 0.29) is 18.3 Å². The molecule has 2 heterocycles. The maximum atomic E-state index is 13.2. The Morgan fingerprint density at radius 3 is 2.40 bits per heavy atom. The van der Waals surface area contributed by atoms with Crippen molar-refractivity contribution >= 4 is 16.9 Å². The summed E-state index contributed by atoms with van der Waals surface area (Å²) in [5.41, 5.74) is 4.99. The molecular formula is C35H30O7. The van der Waals surface area contributed by atoms with Crippen LogP contribution < -0.4 is 24.6 Å². The number of fused-ring (bicyclic) bond motifs is 3. The van der Waals surface area contributed by atoms with Gasteiger partial charge in [0.15, 0.2) is 11.5 Å². The number of ether oxygens (including phenoxy) is 4. The predicted octanol–water partition coefficient (Wildman–Crippen LogP) is 6.85. The van der Waals surface area contributed by atoms with Gasteiger partial charge in [0.05, 0.1) is 32.6 Å². The van der Waals surface area contributed by atoms with Crippen LogP contribution in [0.5, 0.6) is 23.0 Å². The Labute approximate surface area is 243 Å². The minimum absolute atomic E-state index is 0.124. The molecule has 212 valence electrons. The predicted molar refractivity (Wildman–Crippen MR) is 160 cm³/mol. The van der Waals surface area contributed by atoms with Gasteiger partial charge in [0, 0.05) is 35.1 Å². The van der Waals surface area contributed by atoms with Gasteiger partial charge >= 0.3 is 11.6 Å². The van der Waals surface area contributed by atoms with E-state index in [1.807, 2.05) is 85.8 Å². The molecule has 42 heavy (non-hydrogen) atoms. The molecule has 1 aliphatic rings. The van der Waals surface area contributed by atoms with Crippen LogP contribution in [-0.4, -0.2) is 26.8 Å². The number of hydrogen-bond acceptors (Lipinski definition) is 7. The van der Waals surface area contributed by atoms with Gasteiger partial charge in [-0.2, -0.15) is 0 Å². The quantitative estimate of drug-likeness (QED) is 0.116. The third kappa shape index (κ3) is 5.09. The molecule has 1 atom stereocenters. The Kier molecular flexibility index (Phi) is 7.40. The normalized spacial score (nSPS) is 14.3. The van der Waals surface area contributed by atoms with Crippen molar-refractivity contribution in [1.82, 2.24) is 0 Å². The fraction of sp³-hybridized carbons (Fsp3) is 0.200. The number of methoxy groups -OCH3 is 2. The van der Waals surface area contributed by atoms with Crippen LogP contribution in [0.1, 0.15) is 34.6 Å². The Morgan fingerprint density at radius 1 is 0.881 bits per heavy atom. The summed E-state index contributed by atoms with van der Waals surface area (Å²) < 4.78 is 28.9. The average Bonchev–Trinajstić information content (AvgIpc) is 3.00. The fourth-order valence-corrected chi connectivity index (χ4v) is 5.70. The molecule has 0 bridgehead atoms. The van der Waals surface area contributed by atoms with Crippen LogP contribution in [-0.2, 0) is 11.2 Å². The number of esters is 1. The lowest BCUT2D eigenvalue weighted by atomic mass is 9.81. The van der Waals surface area contributed by atoms with Crippen LogP contribution in [0.3, 0.4) is 0 Å². The molecule has 0 fully saturated rings. The Morgan fingerprint density at radius 2 is 1.67 bits per heavy atom. The van der Waals surface area contributed by atoms with Gasteiger partial charge in [-0.05, 0) is 47.9 Å². The van der Waals surface area contributed by atoms with E-state index in [1.165, 1.54) is 6.07 Å². The summed E-state index contributed by atoms with van der Waals surface area (Å²) in [4.78, 5) is 25.7. The number of benzene rings is 4. The van der Waals surface area contributed by atoms with Crippen LogP contribution in [0, 0.1) is 6.92 Å². The first-order chi connectivity index (χ1) is 20.5. The van der Waals surface area contributed by atoms with Gasteiger partial charge in [-0.25, -0.2) is 4.79 Å². The number of rotatable bonds is 8. The topological polar surface area (TPSA) is 84.2 Å². The monoisotopic (exact) mass is 562 g/mol. The van der Waals surface area contributed by atoms with Gasteiger partial charge in [-0.3, -0.25) is 4.79 Å². The second-order valence-corrected chi connectivity index (χ2v) is 10.2. The van der Waals surface area contributed by atoms with Gasteiger partial charge in [0.1, 0.15) is 17.1 Å². The van der Waals surface area contributed by atoms with Gasteiger partial charge in [0.25, 0.3) is 0 Å². The third-order valence-electron chi connectivity index (χ3n) is 7.65. The minimum atomic E-state index is -0.472. The van der Waals surface area contributed by atoms with Crippen molar-refractivity contribution in [3.05, 3.63) is 118 Å². The summed E-state index contributed by atoms with van der Waals surface area (Å²) in [6.07, 6.45) is 0.798. The van der Waals surface area contributed by atoms with Crippen molar-refractivity contribution in [2.75, 3.05) is 20.8 Å². The fourth-order valence-electron chi connectivity index (χ4n) is 5.70. The van der Waals surface area contributed by atoms with Crippen molar-refractivity contribution in [3.8, 4) is 34.1 Å². The molecule has 0 amide bonds. The highest BCUT2D eigenvalue weighted by Crippen LogP contribution is 2.50. The second-order valence-electron chi connectivity index (χ2n) is 10.2. The Bertz CT molecular complexity index is 1820. The zero-order chi connectivity index (χ0) is 29.2. The van der Waals surface area contributed by atoms with Gasteiger partial charge in [-0.15, -0.1) is 0 Å². The summed E-state index contributed by atoms with van der Waals surface area (Å²) >= 11 is 0. The Balaban J connectivity index is 1.46. The van der Waals surface area contributed by atoms with Gasteiger partial charge in [-0.1, -0.05) is 54.6 Å². The first kappa shape index (κ1) is 27.1. The maximum Gasteiger partial charge on any atom is 0.336 e. The molecule has 0 aliphatic carbocycles. The lowest BCUT2D eigenvalue weighted by Crippen LogP contribution is -2.23. The summed E-state index contributed by atoms with van der Waals surface area (Å²) in [7, 11) is 3.24. The van der Waals surface area contributed by atoms with E-state index in [0.29, 0.717) is 46.8 Å². The molecule has 0 radical (unpaired) electrons. The van der Waals surface area contributed by atoms with E-state index in [9.17, 15) is 9.59 Å². The molecule has 0 saturated heterocycles. The van der Waals surface area contributed by atoms with Crippen LogP contribution >= 0.6 is 0 Å². The van der Waals surface area contributed by atoms with E-state index in [0.717, 1.165) is 33.6 Å². The molecule has 5 aromatic rings. The lowest BCUT2D eigenvalue weighted by molar-refractivity contribution is -0.135. The van der Waals surface area contributed by atoms with Crippen LogP contribution in [0.25, 0.3) is 22.1 Å². The molecule has 1 aliphatic heterocycles. The smallest absolute Gasteiger partial charge is 0.336 e. The van der Waals surface area contributed by atoms with E-state index in [2.05, 4.69) is 0 Å². The highest BCUT2D eigenvalue weighted by atomic mass is 16.5. The van der Waals surface area contributed by atoms with Crippen molar-refractivity contribution < 1.29 is 28.2 Å². The van der Waals surface area contributed by atoms with Crippen LogP contribution in [0.4, 0.5) is 0 Å². The van der Waals surface area contributed by atoms with E-state index < -0.39 is 5.63 Å².